The highest BCUT2D eigenvalue weighted by Gasteiger charge is 2.24. The summed E-state index contributed by atoms with van der Waals surface area (Å²) in [5.41, 5.74) is 1.41. The van der Waals surface area contributed by atoms with Gasteiger partial charge < -0.3 is 15.0 Å². The number of nitrogens with one attached hydrogen (secondary N) is 1. The van der Waals surface area contributed by atoms with E-state index < -0.39 is 0 Å². The number of rotatable bonds is 2. The fraction of sp³-hybridized carbons (Fsp3) is 0.412. The van der Waals surface area contributed by atoms with Crippen LogP contribution < -0.4 is 10.1 Å². The Kier molecular flexibility index (Phi) is 4.57. The lowest BCUT2D eigenvalue weighted by Crippen LogP contribution is -2.46. The normalized spacial score (nSPS) is 17.8. The minimum atomic E-state index is -0.114. The van der Waals surface area contributed by atoms with Crippen LogP contribution in [0.1, 0.15) is 25.3 Å². The van der Waals surface area contributed by atoms with E-state index in [1.807, 2.05) is 11.0 Å². The van der Waals surface area contributed by atoms with E-state index in [1.54, 1.807) is 25.1 Å². The second-order valence-corrected chi connectivity index (χ2v) is 6.33. The molecular formula is C17H19ClN2O3. The summed E-state index contributed by atoms with van der Waals surface area (Å²) in [6, 6.07) is 5.46. The van der Waals surface area contributed by atoms with Crippen LogP contribution in [-0.2, 0) is 9.59 Å². The highest BCUT2D eigenvalue weighted by atomic mass is 35.5. The summed E-state index contributed by atoms with van der Waals surface area (Å²) < 4.78 is 5.61. The van der Waals surface area contributed by atoms with Gasteiger partial charge in [-0.1, -0.05) is 11.6 Å². The van der Waals surface area contributed by atoms with Crippen LogP contribution in [0, 0.1) is 0 Å². The fourth-order valence-electron chi connectivity index (χ4n) is 2.90. The molecule has 1 fully saturated rings. The number of nitrogens with zero attached hydrogens (tertiary/aromatic N) is 1. The molecule has 5 nitrogen and oxygen atoms in total. The third kappa shape index (κ3) is 3.67. The molecule has 0 bridgehead atoms. The van der Waals surface area contributed by atoms with Crippen molar-refractivity contribution in [1.82, 2.24) is 10.2 Å². The third-order valence-corrected chi connectivity index (χ3v) is 4.49. The maximum atomic E-state index is 12.4. The zero-order valence-corrected chi connectivity index (χ0v) is 13.7. The van der Waals surface area contributed by atoms with Crippen LogP contribution in [0.25, 0.3) is 6.08 Å². The number of amides is 2. The molecule has 2 heterocycles. The SMILES string of the molecule is CC(=O)N1CCC(NC(=O)C2=Cc3cc(Cl)ccc3OC2)CC1. The van der Waals surface area contributed by atoms with Crippen molar-refractivity contribution >= 4 is 29.5 Å². The van der Waals surface area contributed by atoms with Crippen LogP contribution >= 0.6 is 11.6 Å². The van der Waals surface area contributed by atoms with E-state index in [2.05, 4.69) is 5.32 Å². The molecule has 0 aliphatic carbocycles. The van der Waals surface area contributed by atoms with E-state index in [9.17, 15) is 9.59 Å². The first-order valence-electron chi connectivity index (χ1n) is 7.72. The summed E-state index contributed by atoms with van der Waals surface area (Å²) in [7, 11) is 0. The van der Waals surface area contributed by atoms with Crippen molar-refractivity contribution in [1.29, 1.82) is 0 Å². The zero-order valence-electron chi connectivity index (χ0n) is 13.0. The Labute approximate surface area is 140 Å². The van der Waals surface area contributed by atoms with Crippen molar-refractivity contribution in [2.45, 2.75) is 25.8 Å². The minimum Gasteiger partial charge on any atom is -0.488 e. The molecule has 23 heavy (non-hydrogen) atoms. The molecule has 6 heteroatoms. The lowest BCUT2D eigenvalue weighted by molar-refractivity contribution is -0.130. The Morgan fingerprint density at radius 3 is 2.74 bits per heavy atom. The molecule has 2 amide bonds. The molecule has 0 atom stereocenters. The average Bonchev–Trinajstić information content (AvgIpc) is 2.54. The van der Waals surface area contributed by atoms with Crippen LogP contribution in [0.4, 0.5) is 0 Å². The zero-order chi connectivity index (χ0) is 16.4. The first-order chi connectivity index (χ1) is 11.0. The number of ether oxygens (including phenoxy) is 1. The van der Waals surface area contributed by atoms with Gasteiger partial charge in [0, 0.05) is 36.6 Å². The Balaban J connectivity index is 1.62. The first-order valence-corrected chi connectivity index (χ1v) is 8.10. The van der Waals surface area contributed by atoms with E-state index in [0.29, 0.717) is 23.7 Å². The summed E-state index contributed by atoms with van der Waals surface area (Å²) in [4.78, 5) is 25.5. The van der Waals surface area contributed by atoms with Crippen molar-refractivity contribution in [2.24, 2.45) is 0 Å². The minimum absolute atomic E-state index is 0.0895. The molecule has 0 radical (unpaired) electrons. The van der Waals surface area contributed by atoms with Gasteiger partial charge in [0.1, 0.15) is 12.4 Å². The molecule has 2 aliphatic heterocycles. The predicted molar refractivity (Wildman–Crippen MR) is 88.3 cm³/mol. The van der Waals surface area contributed by atoms with Crippen molar-refractivity contribution in [2.75, 3.05) is 19.7 Å². The van der Waals surface area contributed by atoms with Gasteiger partial charge >= 0.3 is 0 Å². The number of hydrogen-bond acceptors (Lipinski definition) is 3. The number of carbonyl (C=O) groups excluding carboxylic acids is 2. The number of hydrogen-bond donors (Lipinski definition) is 1. The van der Waals surface area contributed by atoms with Crippen molar-refractivity contribution in [3.63, 3.8) is 0 Å². The number of piperidine rings is 1. The molecule has 0 unspecified atom stereocenters. The highest BCUT2D eigenvalue weighted by molar-refractivity contribution is 6.30. The van der Waals surface area contributed by atoms with Crippen LogP contribution in [0.15, 0.2) is 23.8 Å². The number of carbonyl (C=O) groups is 2. The summed E-state index contributed by atoms with van der Waals surface area (Å²) in [5.74, 6) is 0.712. The Bertz CT molecular complexity index is 664. The second-order valence-electron chi connectivity index (χ2n) is 5.89. The summed E-state index contributed by atoms with van der Waals surface area (Å²) in [5, 5.41) is 3.65. The monoisotopic (exact) mass is 334 g/mol. The first kappa shape index (κ1) is 15.9. The van der Waals surface area contributed by atoms with Gasteiger partial charge in [0.2, 0.25) is 5.91 Å². The van der Waals surface area contributed by atoms with Gasteiger partial charge in [-0.3, -0.25) is 9.59 Å². The van der Waals surface area contributed by atoms with E-state index in [1.165, 1.54) is 0 Å². The van der Waals surface area contributed by atoms with Crippen molar-refractivity contribution in [3.8, 4) is 5.75 Å². The van der Waals surface area contributed by atoms with Gasteiger partial charge in [0.05, 0.1) is 5.57 Å². The van der Waals surface area contributed by atoms with Gasteiger partial charge in [-0.15, -0.1) is 0 Å². The van der Waals surface area contributed by atoms with Crippen LogP contribution in [0.2, 0.25) is 5.02 Å². The number of fused-ring (bicyclic) bond motifs is 1. The molecule has 0 saturated carbocycles. The van der Waals surface area contributed by atoms with Crippen molar-refractivity contribution < 1.29 is 14.3 Å². The molecule has 0 spiro atoms. The molecular weight excluding hydrogens is 316 g/mol. The average molecular weight is 335 g/mol. The molecule has 2 aliphatic rings. The largest absolute Gasteiger partial charge is 0.488 e. The molecule has 1 saturated heterocycles. The van der Waals surface area contributed by atoms with Crippen molar-refractivity contribution in [3.05, 3.63) is 34.4 Å². The number of likely N-dealkylation sites (tertiary alicyclic amines) is 1. The quantitative estimate of drug-likeness (QED) is 0.902. The molecule has 1 aromatic carbocycles. The maximum absolute atomic E-state index is 12.4. The van der Waals surface area contributed by atoms with E-state index in [-0.39, 0.29) is 24.5 Å². The second kappa shape index (κ2) is 6.62. The van der Waals surface area contributed by atoms with Gasteiger partial charge in [-0.25, -0.2) is 0 Å². The number of halogens is 1. The smallest absolute Gasteiger partial charge is 0.250 e. The fourth-order valence-corrected chi connectivity index (χ4v) is 3.08. The third-order valence-electron chi connectivity index (χ3n) is 4.25. The Morgan fingerprint density at radius 2 is 2.04 bits per heavy atom. The lowest BCUT2D eigenvalue weighted by atomic mass is 10.0. The molecule has 1 aromatic rings. The van der Waals surface area contributed by atoms with Crippen LogP contribution in [0.3, 0.4) is 0 Å². The van der Waals surface area contributed by atoms with E-state index >= 15 is 0 Å². The van der Waals surface area contributed by atoms with E-state index in [0.717, 1.165) is 24.2 Å². The van der Waals surface area contributed by atoms with Gasteiger partial charge in [0.15, 0.2) is 0 Å². The highest BCUT2D eigenvalue weighted by Crippen LogP contribution is 2.29. The van der Waals surface area contributed by atoms with Gasteiger partial charge in [-0.2, -0.15) is 0 Å². The maximum Gasteiger partial charge on any atom is 0.250 e. The number of benzene rings is 1. The van der Waals surface area contributed by atoms with Crippen LogP contribution in [0.5, 0.6) is 5.75 Å². The lowest BCUT2D eigenvalue weighted by Gasteiger charge is -2.32. The molecule has 0 aromatic heterocycles. The molecule has 3 rings (SSSR count). The summed E-state index contributed by atoms with van der Waals surface area (Å²) in [6.07, 6.45) is 3.38. The summed E-state index contributed by atoms with van der Waals surface area (Å²) in [6.45, 7) is 3.21. The van der Waals surface area contributed by atoms with Gasteiger partial charge in [0.25, 0.3) is 5.91 Å². The molecule has 1 N–H and O–H groups in total. The predicted octanol–water partition coefficient (Wildman–Crippen LogP) is 2.24. The van der Waals surface area contributed by atoms with Gasteiger partial charge in [-0.05, 0) is 37.1 Å². The Morgan fingerprint density at radius 1 is 1.30 bits per heavy atom. The topological polar surface area (TPSA) is 58.6 Å². The summed E-state index contributed by atoms with van der Waals surface area (Å²) >= 11 is 5.98. The van der Waals surface area contributed by atoms with E-state index in [4.69, 9.17) is 16.3 Å². The standard InChI is InChI=1S/C17H19ClN2O3/c1-11(21)20-6-4-15(5-7-20)19-17(22)13-8-12-9-14(18)2-3-16(12)23-10-13/h2-3,8-9,15H,4-7,10H2,1H3,(H,19,22). The molecule has 122 valence electrons. The van der Waals surface area contributed by atoms with Crippen LogP contribution in [-0.4, -0.2) is 42.5 Å². The Hall–Kier alpha value is -2.01.